The fourth-order valence-electron chi connectivity index (χ4n) is 2.74. The van der Waals surface area contributed by atoms with E-state index < -0.39 is 0 Å². The normalized spacial score (nSPS) is 13.8. The standard InChI is InChI=1S/C19H29NO/c1-6-9-16(20-8-3)18-13-14-12-15(19(4,5)7-2)10-11-17(14)21-18/h10-13,16,20H,6-9H2,1-5H3. The van der Waals surface area contributed by atoms with Crippen LogP contribution in [0.25, 0.3) is 11.0 Å². The first kappa shape index (κ1) is 16.1. The Morgan fingerprint density at radius 1 is 1.14 bits per heavy atom. The predicted molar refractivity (Wildman–Crippen MR) is 90.9 cm³/mol. The maximum Gasteiger partial charge on any atom is 0.134 e. The Labute approximate surface area is 128 Å². The first-order valence-corrected chi connectivity index (χ1v) is 8.29. The second-order valence-electron chi connectivity index (χ2n) is 6.54. The summed E-state index contributed by atoms with van der Waals surface area (Å²) in [6.07, 6.45) is 3.41. The lowest BCUT2D eigenvalue weighted by atomic mass is 9.82. The van der Waals surface area contributed by atoms with Gasteiger partial charge in [-0.15, -0.1) is 0 Å². The molecule has 0 aliphatic rings. The number of nitrogens with one attached hydrogen (secondary N) is 1. The molecule has 0 radical (unpaired) electrons. The van der Waals surface area contributed by atoms with Crippen molar-refractivity contribution in [3.8, 4) is 0 Å². The average molecular weight is 287 g/mol. The van der Waals surface area contributed by atoms with Gasteiger partial charge in [0.15, 0.2) is 0 Å². The summed E-state index contributed by atoms with van der Waals surface area (Å²) in [6.45, 7) is 12.2. The number of hydrogen-bond donors (Lipinski definition) is 1. The van der Waals surface area contributed by atoms with E-state index in [-0.39, 0.29) is 5.41 Å². The molecule has 0 aliphatic carbocycles. The molecule has 2 nitrogen and oxygen atoms in total. The molecule has 116 valence electrons. The van der Waals surface area contributed by atoms with Crippen molar-refractivity contribution in [1.82, 2.24) is 5.32 Å². The van der Waals surface area contributed by atoms with Gasteiger partial charge < -0.3 is 9.73 Å². The zero-order valence-electron chi connectivity index (χ0n) is 14.1. The fourth-order valence-corrected chi connectivity index (χ4v) is 2.74. The van der Waals surface area contributed by atoms with Crippen LogP contribution in [0.3, 0.4) is 0 Å². The molecule has 1 N–H and O–H groups in total. The van der Waals surface area contributed by atoms with Gasteiger partial charge in [0.2, 0.25) is 0 Å². The van der Waals surface area contributed by atoms with E-state index in [0.29, 0.717) is 6.04 Å². The van der Waals surface area contributed by atoms with Crippen molar-refractivity contribution in [3.63, 3.8) is 0 Å². The first-order chi connectivity index (χ1) is 10.0. The highest BCUT2D eigenvalue weighted by atomic mass is 16.3. The van der Waals surface area contributed by atoms with Crippen molar-refractivity contribution in [2.45, 2.75) is 65.3 Å². The van der Waals surface area contributed by atoms with Gasteiger partial charge in [-0.3, -0.25) is 0 Å². The SMILES string of the molecule is CCCC(NCC)c1cc2cc(C(C)(C)CC)ccc2o1. The number of benzene rings is 1. The third-order valence-electron chi connectivity index (χ3n) is 4.57. The van der Waals surface area contributed by atoms with Crippen molar-refractivity contribution in [3.05, 3.63) is 35.6 Å². The Morgan fingerprint density at radius 3 is 2.52 bits per heavy atom. The number of hydrogen-bond acceptors (Lipinski definition) is 2. The lowest BCUT2D eigenvalue weighted by Crippen LogP contribution is -2.20. The van der Waals surface area contributed by atoms with E-state index in [0.717, 1.165) is 37.2 Å². The number of rotatable bonds is 7. The monoisotopic (exact) mass is 287 g/mol. The van der Waals surface area contributed by atoms with Gasteiger partial charge in [0.05, 0.1) is 6.04 Å². The molecule has 0 saturated heterocycles. The third-order valence-corrected chi connectivity index (χ3v) is 4.57. The van der Waals surface area contributed by atoms with Gasteiger partial charge in [-0.25, -0.2) is 0 Å². The van der Waals surface area contributed by atoms with Crippen molar-refractivity contribution in [2.24, 2.45) is 0 Å². The fraction of sp³-hybridized carbons (Fsp3) is 0.579. The molecule has 2 rings (SSSR count). The van der Waals surface area contributed by atoms with Crippen molar-refractivity contribution < 1.29 is 4.42 Å². The van der Waals surface area contributed by atoms with Crippen LogP contribution in [-0.2, 0) is 5.41 Å². The Morgan fingerprint density at radius 2 is 1.90 bits per heavy atom. The van der Waals surface area contributed by atoms with Crippen LogP contribution >= 0.6 is 0 Å². The summed E-state index contributed by atoms with van der Waals surface area (Å²) in [5.74, 6) is 1.07. The average Bonchev–Trinajstić information content (AvgIpc) is 2.89. The molecule has 1 heterocycles. The molecule has 1 unspecified atom stereocenters. The van der Waals surface area contributed by atoms with Crippen LogP contribution in [-0.4, -0.2) is 6.54 Å². The molecule has 0 fully saturated rings. The number of furan rings is 1. The minimum Gasteiger partial charge on any atom is -0.459 e. The van der Waals surface area contributed by atoms with E-state index >= 15 is 0 Å². The maximum absolute atomic E-state index is 6.07. The van der Waals surface area contributed by atoms with Gasteiger partial charge in [0.25, 0.3) is 0 Å². The van der Waals surface area contributed by atoms with Crippen LogP contribution in [0.1, 0.15) is 71.2 Å². The molecular formula is C19H29NO. The second kappa shape index (κ2) is 6.65. The van der Waals surface area contributed by atoms with E-state index in [4.69, 9.17) is 4.42 Å². The van der Waals surface area contributed by atoms with Crippen LogP contribution in [0.15, 0.2) is 28.7 Å². The quantitative estimate of drug-likeness (QED) is 0.720. The summed E-state index contributed by atoms with van der Waals surface area (Å²) in [5.41, 5.74) is 2.61. The molecule has 0 aliphatic heterocycles. The van der Waals surface area contributed by atoms with Crippen LogP contribution in [0, 0.1) is 0 Å². The van der Waals surface area contributed by atoms with Crippen molar-refractivity contribution >= 4 is 11.0 Å². The van der Waals surface area contributed by atoms with Crippen molar-refractivity contribution in [2.75, 3.05) is 6.54 Å². The molecule has 0 amide bonds. The Balaban J connectivity index is 2.37. The van der Waals surface area contributed by atoms with Crippen LogP contribution in [0.4, 0.5) is 0 Å². The number of fused-ring (bicyclic) bond motifs is 1. The van der Waals surface area contributed by atoms with Gasteiger partial charge in [0, 0.05) is 5.39 Å². The first-order valence-electron chi connectivity index (χ1n) is 8.29. The topological polar surface area (TPSA) is 25.2 Å². The molecular weight excluding hydrogens is 258 g/mol. The summed E-state index contributed by atoms with van der Waals surface area (Å²) in [7, 11) is 0. The Hall–Kier alpha value is -1.28. The Bertz CT molecular complexity index is 576. The summed E-state index contributed by atoms with van der Waals surface area (Å²) >= 11 is 0. The molecule has 0 bridgehead atoms. The summed E-state index contributed by atoms with van der Waals surface area (Å²) in [5, 5.41) is 4.75. The van der Waals surface area contributed by atoms with E-state index in [2.05, 4.69) is 64.2 Å². The summed E-state index contributed by atoms with van der Waals surface area (Å²) in [4.78, 5) is 0. The third kappa shape index (κ3) is 3.49. The van der Waals surface area contributed by atoms with E-state index in [1.807, 2.05) is 0 Å². The minimum absolute atomic E-state index is 0.218. The van der Waals surface area contributed by atoms with Crippen LogP contribution in [0.5, 0.6) is 0 Å². The van der Waals surface area contributed by atoms with E-state index in [1.165, 1.54) is 10.9 Å². The Kier molecular flexibility index (Phi) is 5.10. The van der Waals surface area contributed by atoms with Gasteiger partial charge in [-0.05, 0) is 48.6 Å². The lowest BCUT2D eigenvalue weighted by molar-refractivity contribution is 0.414. The van der Waals surface area contributed by atoms with Gasteiger partial charge >= 0.3 is 0 Å². The smallest absolute Gasteiger partial charge is 0.134 e. The second-order valence-corrected chi connectivity index (χ2v) is 6.54. The van der Waals surface area contributed by atoms with Crippen LogP contribution in [0.2, 0.25) is 0 Å². The largest absolute Gasteiger partial charge is 0.459 e. The van der Waals surface area contributed by atoms with E-state index in [1.54, 1.807) is 0 Å². The zero-order valence-corrected chi connectivity index (χ0v) is 14.1. The van der Waals surface area contributed by atoms with Gasteiger partial charge in [-0.2, -0.15) is 0 Å². The molecule has 1 aromatic carbocycles. The minimum atomic E-state index is 0.218. The maximum atomic E-state index is 6.07. The van der Waals surface area contributed by atoms with E-state index in [9.17, 15) is 0 Å². The van der Waals surface area contributed by atoms with Crippen LogP contribution < -0.4 is 5.32 Å². The van der Waals surface area contributed by atoms with Gasteiger partial charge in [0.1, 0.15) is 11.3 Å². The predicted octanol–water partition coefficient (Wildman–Crippen LogP) is 5.57. The molecule has 0 spiro atoms. The molecule has 1 atom stereocenters. The van der Waals surface area contributed by atoms with Crippen molar-refractivity contribution in [1.29, 1.82) is 0 Å². The highest BCUT2D eigenvalue weighted by Crippen LogP contribution is 2.32. The molecule has 1 aromatic heterocycles. The highest BCUT2D eigenvalue weighted by Gasteiger charge is 2.20. The summed E-state index contributed by atoms with van der Waals surface area (Å²) in [6, 6.07) is 9.17. The summed E-state index contributed by atoms with van der Waals surface area (Å²) < 4.78 is 6.07. The zero-order chi connectivity index (χ0) is 15.5. The van der Waals surface area contributed by atoms with Gasteiger partial charge in [-0.1, -0.05) is 47.1 Å². The molecule has 2 heteroatoms. The molecule has 2 aromatic rings. The molecule has 0 saturated carbocycles. The lowest BCUT2D eigenvalue weighted by Gasteiger charge is -2.23. The molecule has 21 heavy (non-hydrogen) atoms. The highest BCUT2D eigenvalue weighted by molar-refractivity contribution is 5.79.